The van der Waals surface area contributed by atoms with Gasteiger partial charge in [-0.3, -0.25) is 14.9 Å². The number of hydrogen-bond acceptors (Lipinski definition) is 4. The van der Waals surface area contributed by atoms with Crippen molar-refractivity contribution in [1.29, 1.82) is 0 Å². The van der Waals surface area contributed by atoms with E-state index in [1.165, 1.54) is 18.2 Å². The van der Waals surface area contributed by atoms with Crippen LogP contribution in [-0.2, 0) is 9.59 Å². The van der Waals surface area contributed by atoms with E-state index in [1.54, 1.807) is 42.5 Å². The van der Waals surface area contributed by atoms with Gasteiger partial charge in [-0.05, 0) is 48.0 Å². The molecular formula is C20H15ClN2O4. The average Bonchev–Trinajstić information content (AvgIpc) is 2.66. The first-order valence-electron chi connectivity index (χ1n) is 8.00. The molecule has 2 aromatic rings. The Morgan fingerprint density at radius 1 is 1.04 bits per heavy atom. The number of carbonyl (C=O) groups is 3. The summed E-state index contributed by atoms with van der Waals surface area (Å²) in [6.07, 6.45) is 3.05. The molecule has 0 saturated carbocycles. The summed E-state index contributed by atoms with van der Waals surface area (Å²) >= 11 is 5.84. The normalized spacial score (nSPS) is 15.7. The lowest BCUT2D eigenvalue weighted by Crippen LogP contribution is -2.54. The maximum atomic E-state index is 12.8. The Bertz CT molecular complexity index is 933. The van der Waals surface area contributed by atoms with Gasteiger partial charge < -0.3 is 4.74 Å². The van der Waals surface area contributed by atoms with Gasteiger partial charge >= 0.3 is 6.03 Å². The van der Waals surface area contributed by atoms with Gasteiger partial charge in [0.2, 0.25) is 0 Å². The second-order valence-electron chi connectivity index (χ2n) is 5.60. The summed E-state index contributed by atoms with van der Waals surface area (Å²) in [5, 5.41) is 2.64. The number of nitrogens with one attached hydrogen (secondary N) is 1. The minimum Gasteiger partial charge on any atom is -0.490 e. The minimum atomic E-state index is -0.808. The number of urea groups is 1. The van der Waals surface area contributed by atoms with Gasteiger partial charge in [0.05, 0.1) is 5.69 Å². The van der Waals surface area contributed by atoms with Crippen LogP contribution in [0.4, 0.5) is 10.5 Å². The van der Waals surface area contributed by atoms with Crippen LogP contribution in [0.3, 0.4) is 0 Å². The molecule has 0 aromatic heterocycles. The van der Waals surface area contributed by atoms with Gasteiger partial charge in [0, 0.05) is 5.02 Å². The zero-order valence-corrected chi connectivity index (χ0v) is 14.9. The van der Waals surface area contributed by atoms with Crippen molar-refractivity contribution in [1.82, 2.24) is 5.32 Å². The smallest absolute Gasteiger partial charge is 0.335 e. The Hall–Kier alpha value is -3.38. The molecule has 1 aliphatic heterocycles. The lowest BCUT2D eigenvalue weighted by molar-refractivity contribution is -0.122. The van der Waals surface area contributed by atoms with Crippen LogP contribution in [-0.4, -0.2) is 24.5 Å². The second-order valence-corrected chi connectivity index (χ2v) is 6.04. The van der Waals surface area contributed by atoms with E-state index in [0.717, 1.165) is 4.90 Å². The molecule has 0 spiro atoms. The molecule has 1 saturated heterocycles. The summed E-state index contributed by atoms with van der Waals surface area (Å²) in [6, 6.07) is 12.2. The molecule has 1 heterocycles. The Labute approximate surface area is 160 Å². The molecule has 0 bridgehead atoms. The zero-order chi connectivity index (χ0) is 19.4. The molecule has 4 amide bonds. The topological polar surface area (TPSA) is 75.7 Å². The molecule has 1 aliphatic rings. The highest BCUT2D eigenvalue weighted by Crippen LogP contribution is 2.24. The average molecular weight is 383 g/mol. The Morgan fingerprint density at radius 2 is 1.70 bits per heavy atom. The van der Waals surface area contributed by atoms with Crippen LogP contribution in [0.25, 0.3) is 6.08 Å². The molecule has 27 heavy (non-hydrogen) atoms. The van der Waals surface area contributed by atoms with Gasteiger partial charge in [-0.1, -0.05) is 36.4 Å². The molecule has 0 aliphatic carbocycles. The summed E-state index contributed by atoms with van der Waals surface area (Å²) in [4.78, 5) is 37.9. The molecule has 1 fully saturated rings. The van der Waals surface area contributed by atoms with Gasteiger partial charge in [-0.15, -0.1) is 0 Å². The number of nitrogens with zero attached hydrogens (tertiary/aromatic N) is 1. The Kier molecular flexibility index (Phi) is 5.38. The first-order valence-corrected chi connectivity index (χ1v) is 8.38. The largest absolute Gasteiger partial charge is 0.490 e. The van der Waals surface area contributed by atoms with Gasteiger partial charge in [-0.2, -0.15) is 0 Å². The summed E-state index contributed by atoms with van der Waals surface area (Å²) < 4.78 is 5.39. The third-order valence-corrected chi connectivity index (χ3v) is 4.00. The summed E-state index contributed by atoms with van der Waals surface area (Å²) in [7, 11) is 0. The molecule has 7 heteroatoms. The van der Waals surface area contributed by atoms with E-state index in [4.69, 9.17) is 16.3 Å². The van der Waals surface area contributed by atoms with Crippen molar-refractivity contribution in [2.45, 2.75) is 0 Å². The van der Waals surface area contributed by atoms with E-state index < -0.39 is 17.8 Å². The van der Waals surface area contributed by atoms with Crippen molar-refractivity contribution in [3.8, 4) is 5.75 Å². The summed E-state index contributed by atoms with van der Waals surface area (Å²) in [6.45, 7) is 3.95. The fraction of sp³-hybridized carbons (Fsp3) is 0.0500. The van der Waals surface area contributed by atoms with E-state index >= 15 is 0 Å². The molecular weight excluding hydrogens is 368 g/mol. The number of hydrogen-bond donors (Lipinski definition) is 1. The third kappa shape index (κ3) is 4.07. The fourth-order valence-corrected chi connectivity index (χ4v) is 2.59. The van der Waals surface area contributed by atoms with Gasteiger partial charge in [0.15, 0.2) is 0 Å². The zero-order valence-electron chi connectivity index (χ0n) is 14.1. The van der Waals surface area contributed by atoms with Crippen LogP contribution in [0.15, 0.2) is 66.8 Å². The van der Waals surface area contributed by atoms with Crippen molar-refractivity contribution < 1.29 is 19.1 Å². The number of barbiturate groups is 1. The number of anilines is 1. The molecule has 3 rings (SSSR count). The third-order valence-electron chi connectivity index (χ3n) is 3.75. The number of rotatable bonds is 5. The van der Waals surface area contributed by atoms with E-state index in [2.05, 4.69) is 11.9 Å². The fourth-order valence-electron chi connectivity index (χ4n) is 2.46. The SMILES string of the molecule is C=CCOc1ccc(/C=C2\C(=O)NC(=O)N(c3ccc(Cl)cc3)C2=O)cc1. The highest BCUT2D eigenvalue weighted by molar-refractivity contribution is 6.39. The second kappa shape index (κ2) is 7.88. The van der Waals surface area contributed by atoms with E-state index in [-0.39, 0.29) is 5.57 Å². The van der Waals surface area contributed by atoms with Crippen molar-refractivity contribution >= 4 is 41.2 Å². The van der Waals surface area contributed by atoms with Crippen molar-refractivity contribution in [2.75, 3.05) is 11.5 Å². The first kappa shape index (κ1) is 18.4. The first-order chi connectivity index (χ1) is 13.0. The van der Waals surface area contributed by atoms with Crippen LogP contribution in [0.1, 0.15) is 5.56 Å². The number of halogens is 1. The molecule has 136 valence electrons. The number of carbonyl (C=O) groups excluding carboxylic acids is 3. The molecule has 1 N–H and O–H groups in total. The van der Waals surface area contributed by atoms with Crippen LogP contribution in [0.5, 0.6) is 5.75 Å². The van der Waals surface area contributed by atoms with E-state index in [0.29, 0.717) is 28.6 Å². The van der Waals surface area contributed by atoms with E-state index in [9.17, 15) is 14.4 Å². The van der Waals surface area contributed by atoms with Crippen LogP contribution >= 0.6 is 11.6 Å². The quantitative estimate of drug-likeness (QED) is 0.487. The predicted octanol–water partition coefficient (Wildman–Crippen LogP) is 3.57. The molecule has 6 nitrogen and oxygen atoms in total. The van der Waals surface area contributed by atoms with Gasteiger partial charge in [0.25, 0.3) is 11.8 Å². The maximum absolute atomic E-state index is 12.8. The van der Waals surface area contributed by atoms with Gasteiger partial charge in [0.1, 0.15) is 17.9 Å². The van der Waals surface area contributed by atoms with Crippen LogP contribution in [0.2, 0.25) is 5.02 Å². The number of ether oxygens (including phenoxy) is 1. The molecule has 0 radical (unpaired) electrons. The Morgan fingerprint density at radius 3 is 2.33 bits per heavy atom. The lowest BCUT2D eigenvalue weighted by Gasteiger charge is -2.26. The summed E-state index contributed by atoms with van der Waals surface area (Å²) in [5.74, 6) is -0.824. The monoisotopic (exact) mass is 382 g/mol. The van der Waals surface area contributed by atoms with Gasteiger partial charge in [-0.25, -0.2) is 9.69 Å². The molecule has 2 aromatic carbocycles. The van der Waals surface area contributed by atoms with Crippen LogP contribution < -0.4 is 15.0 Å². The summed E-state index contributed by atoms with van der Waals surface area (Å²) in [5.41, 5.74) is 0.780. The van der Waals surface area contributed by atoms with Crippen LogP contribution in [0, 0.1) is 0 Å². The minimum absolute atomic E-state index is 0.149. The van der Waals surface area contributed by atoms with Crippen molar-refractivity contribution in [3.63, 3.8) is 0 Å². The van der Waals surface area contributed by atoms with E-state index in [1.807, 2.05) is 0 Å². The predicted molar refractivity (Wildman–Crippen MR) is 103 cm³/mol. The standard InChI is InChI=1S/C20H15ClN2O4/c1-2-11-27-16-9-3-13(4-10-16)12-17-18(24)22-20(26)23(19(17)25)15-7-5-14(21)6-8-15/h2-10,12H,1,11H2,(H,22,24,26)/b17-12+. The molecule has 0 atom stereocenters. The highest BCUT2D eigenvalue weighted by Gasteiger charge is 2.36. The Balaban J connectivity index is 1.89. The molecule has 0 unspecified atom stereocenters. The van der Waals surface area contributed by atoms with Crippen molar-refractivity contribution in [2.24, 2.45) is 0 Å². The number of imide groups is 2. The number of amides is 4. The highest BCUT2D eigenvalue weighted by atomic mass is 35.5. The lowest BCUT2D eigenvalue weighted by atomic mass is 10.1. The number of benzene rings is 2. The maximum Gasteiger partial charge on any atom is 0.335 e. The van der Waals surface area contributed by atoms with Crippen molar-refractivity contribution in [3.05, 3.63) is 77.3 Å².